The Kier molecular flexibility index (Phi) is 4.25. The van der Waals surface area contributed by atoms with Crippen LogP contribution >= 0.6 is 23.2 Å². The second kappa shape index (κ2) is 5.91. The third-order valence-corrected chi connectivity index (χ3v) is 3.14. The maximum absolute atomic E-state index is 11.3. The van der Waals surface area contributed by atoms with Gasteiger partial charge < -0.3 is 5.11 Å². The summed E-state index contributed by atoms with van der Waals surface area (Å²) in [6, 6.07) is 13.8. The highest BCUT2D eigenvalue weighted by Crippen LogP contribution is 2.26. The molecule has 0 amide bonds. The zero-order valence-corrected chi connectivity index (χ0v) is 11.3. The number of aliphatic carboxylic acids is 1. The highest BCUT2D eigenvalue weighted by molar-refractivity contribution is 6.36. The van der Waals surface area contributed by atoms with Crippen LogP contribution in [0.3, 0.4) is 0 Å². The Hall–Kier alpha value is -1.77. The minimum Gasteiger partial charge on any atom is -0.478 e. The average Bonchev–Trinajstić information content (AvgIpc) is 2.38. The summed E-state index contributed by atoms with van der Waals surface area (Å²) in [7, 11) is 0. The van der Waals surface area contributed by atoms with Crippen LogP contribution in [0.4, 0.5) is 0 Å². The molecule has 0 saturated carbocycles. The lowest BCUT2D eigenvalue weighted by molar-refractivity contribution is -0.130. The second-order valence-electron chi connectivity index (χ2n) is 3.90. The third kappa shape index (κ3) is 3.37. The van der Waals surface area contributed by atoms with Crippen LogP contribution < -0.4 is 0 Å². The number of rotatable bonds is 3. The topological polar surface area (TPSA) is 37.3 Å². The van der Waals surface area contributed by atoms with Crippen molar-refractivity contribution in [1.29, 1.82) is 0 Å². The summed E-state index contributed by atoms with van der Waals surface area (Å²) in [5.74, 6) is -1.00. The number of hydrogen-bond donors (Lipinski definition) is 1. The lowest BCUT2D eigenvalue weighted by Crippen LogP contribution is -1.99. The molecule has 1 N–H and O–H groups in total. The highest BCUT2D eigenvalue weighted by atomic mass is 35.5. The molecule has 0 bridgehead atoms. The van der Waals surface area contributed by atoms with Gasteiger partial charge in [-0.1, -0.05) is 59.6 Å². The van der Waals surface area contributed by atoms with E-state index in [9.17, 15) is 9.90 Å². The van der Waals surface area contributed by atoms with Gasteiger partial charge in [-0.15, -0.1) is 0 Å². The van der Waals surface area contributed by atoms with Crippen molar-refractivity contribution in [3.05, 3.63) is 69.7 Å². The van der Waals surface area contributed by atoms with Crippen LogP contribution in [0, 0.1) is 0 Å². The van der Waals surface area contributed by atoms with Crippen molar-refractivity contribution in [3.8, 4) is 0 Å². The quantitative estimate of drug-likeness (QED) is 0.662. The first-order valence-electron chi connectivity index (χ1n) is 5.53. The van der Waals surface area contributed by atoms with E-state index in [0.29, 0.717) is 21.2 Å². The van der Waals surface area contributed by atoms with Gasteiger partial charge in [-0.25, -0.2) is 4.79 Å². The van der Waals surface area contributed by atoms with E-state index in [1.54, 1.807) is 42.5 Å². The van der Waals surface area contributed by atoms with Gasteiger partial charge in [0.05, 0.1) is 5.57 Å². The van der Waals surface area contributed by atoms with Crippen LogP contribution in [-0.2, 0) is 4.79 Å². The Labute approximate surface area is 120 Å². The van der Waals surface area contributed by atoms with Crippen LogP contribution in [0.5, 0.6) is 0 Å². The van der Waals surface area contributed by atoms with Crippen LogP contribution in [-0.4, -0.2) is 11.1 Å². The summed E-state index contributed by atoms with van der Waals surface area (Å²) in [4.78, 5) is 11.3. The monoisotopic (exact) mass is 292 g/mol. The number of carboxylic acids is 1. The summed E-state index contributed by atoms with van der Waals surface area (Å²) in [5.41, 5.74) is 1.43. The molecule has 0 spiro atoms. The van der Waals surface area contributed by atoms with Crippen molar-refractivity contribution in [3.63, 3.8) is 0 Å². The van der Waals surface area contributed by atoms with Crippen LogP contribution in [0.2, 0.25) is 10.0 Å². The van der Waals surface area contributed by atoms with E-state index in [-0.39, 0.29) is 5.57 Å². The predicted molar refractivity (Wildman–Crippen MR) is 78.4 cm³/mol. The molecule has 2 rings (SSSR count). The Balaban J connectivity index is 2.51. The van der Waals surface area contributed by atoms with Crippen LogP contribution in [0.15, 0.2) is 48.5 Å². The molecule has 0 heterocycles. The van der Waals surface area contributed by atoms with E-state index in [2.05, 4.69) is 0 Å². The number of benzene rings is 2. The van der Waals surface area contributed by atoms with Gasteiger partial charge in [0.1, 0.15) is 0 Å². The molecule has 0 saturated heterocycles. The maximum atomic E-state index is 11.3. The molecule has 0 unspecified atom stereocenters. The molecule has 4 heteroatoms. The fourth-order valence-electron chi connectivity index (χ4n) is 1.66. The number of hydrogen-bond acceptors (Lipinski definition) is 1. The second-order valence-corrected chi connectivity index (χ2v) is 4.74. The minimum atomic E-state index is -1.00. The third-order valence-electron chi connectivity index (χ3n) is 2.58. The summed E-state index contributed by atoms with van der Waals surface area (Å²) in [6.45, 7) is 0. The molecular weight excluding hydrogens is 283 g/mol. The van der Waals surface area contributed by atoms with Crippen LogP contribution in [0.1, 0.15) is 11.1 Å². The van der Waals surface area contributed by atoms with Gasteiger partial charge in [0.15, 0.2) is 0 Å². The minimum absolute atomic E-state index is 0.185. The van der Waals surface area contributed by atoms with Gasteiger partial charge in [0.25, 0.3) is 0 Å². The smallest absolute Gasteiger partial charge is 0.336 e. The fraction of sp³-hybridized carbons (Fsp3) is 0. The Bertz CT molecular complexity index is 634. The van der Waals surface area contributed by atoms with E-state index >= 15 is 0 Å². The number of halogens is 2. The predicted octanol–water partition coefficient (Wildman–Crippen LogP) is 4.62. The molecule has 0 radical (unpaired) electrons. The van der Waals surface area contributed by atoms with Gasteiger partial charge in [-0.05, 0) is 29.3 Å². The molecule has 0 aliphatic heterocycles. The van der Waals surface area contributed by atoms with Gasteiger partial charge in [-0.3, -0.25) is 0 Å². The van der Waals surface area contributed by atoms with E-state index in [1.165, 1.54) is 6.08 Å². The molecule has 96 valence electrons. The zero-order valence-electron chi connectivity index (χ0n) is 9.81. The van der Waals surface area contributed by atoms with Crippen molar-refractivity contribution in [2.45, 2.75) is 0 Å². The van der Waals surface area contributed by atoms with E-state index in [4.69, 9.17) is 23.2 Å². The highest BCUT2D eigenvalue weighted by Gasteiger charge is 2.11. The maximum Gasteiger partial charge on any atom is 0.336 e. The molecule has 2 nitrogen and oxygen atoms in total. The summed E-state index contributed by atoms with van der Waals surface area (Å²) < 4.78 is 0. The first-order valence-corrected chi connectivity index (χ1v) is 6.29. The standard InChI is InChI=1S/C15H10Cl2O2/c16-12-7-6-11(14(17)9-12)8-13(15(18)19)10-4-2-1-3-5-10/h1-9H,(H,18,19)/b13-8-. The molecule has 0 fully saturated rings. The van der Waals surface area contributed by atoms with Gasteiger partial charge in [0, 0.05) is 10.0 Å². The molecule has 0 aromatic heterocycles. The largest absolute Gasteiger partial charge is 0.478 e. The van der Waals surface area contributed by atoms with Gasteiger partial charge in [0.2, 0.25) is 0 Å². The SMILES string of the molecule is O=C(O)/C(=C\c1ccc(Cl)cc1Cl)c1ccccc1. The molecule has 2 aromatic carbocycles. The lowest BCUT2D eigenvalue weighted by Gasteiger charge is -2.04. The average molecular weight is 293 g/mol. The van der Waals surface area contributed by atoms with E-state index in [0.717, 1.165) is 0 Å². The van der Waals surface area contributed by atoms with Crippen molar-refractivity contribution in [2.24, 2.45) is 0 Å². The van der Waals surface area contributed by atoms with Crippen molar-refractivity contribution < 1.29 is 9.90 Å². The lowest BCUT2D eigenvalue weighted by atomic mass is 10.0. The zero-order chi connectivity index (χ0) is 13.8. The van der Waals surface area contributed by atoms with E-state index < -0.39 is 5.97 Å². The Morgan fingerprint density at radius 3 is 2.32 bits per heavy atom. The number of carboxylic acid groups (broad SMARTS) is 1. The van der Waals surface area contributed by atoms with Crippen molar-refractivity contribution >= 4 is 40.8 Å². The Morgan fingerprint density at radius 2 is 1.74 bits per heavy atom. The summed E-state index contributed by atoms with van der Waals surface area (Å²) in [6.07, 6.45) is 1.54. The number of carbonyl (C=O) groups is 1. The van der Waals surface area contributed by atoms with Crippen molar-refractivity contribution in [1.82, 2.24) is 0 Å². The molecule has 2 aromatic rings. The molecule has 0 atom stereocenters. The van der Waals surface area contributed by atoms with E-state index in [1.807, 2.05) is 6.07 Å². The van der Waals surface area contributed by atoms with Gasteiger partial charge >= 0.3 is 5.97 Å². The normalized spacial score (nSPS) is 11.4. The Morgan fingerprint density at radius 1 is 1.05 bits per heavy atom. The van der Waals surface area contributed by atoms with Crippen LogP contribution in [0.25, 0.3) is 11.6 Å². The van der Waals surface area contributed by atoms with Gasteiger partial charge in [-0.2, -0.15) is 0 Å². The molecule has 19 heavy (non-hydrogen) atoms. The molecule has 0 aliphatic rings. The molecular formula is C15H10Cl2O2. The summed E-state index contributed by atoms with van der Waals surface area (Å²) >= 11 is 11.9. The molecule has 0 aliphatic carbocycles. The fourth-order valence-corrected chi connectivity index (χ4v) is 2.12. The summed E-state index contributed by atoms with van der Waals surface area (Å²) in [5, 5.41) is 10.2. The van der Waals surface area contributed by atoms with Crippen molar-refractivity contribution in [2.75, 3.05) is 0 Å². The first kappa shape index (κ1) is 13.7. The first-order chi connectivity index (χ1) is 9.08.